The van der Waals surface area contributed by atoms with E-state index >= 15 is 0 Å². The second kappa shape index (κ2) is 6.92. The number of nitrogens with two attached hydrogens (primary N) is 1. The van der Waals surface area contributed by atoms with Crippen molar-refractivity contribution in [3.05, 3.63) is 34.3 Å². The van der Waals surface area contributed by atoms with Gasteiger partial charge >= 0.3 is 0 Å². The van der Waals surface area contributed by atoms with Crippen LogP contribution in [0.2, 0.25) is 5.02 Å². The molecule has 3 N–H and O–H groups in total. The van der Waals surface area contributed by atoms with Gasteiger partial charge in [0, 0.05) is 5.56 Å². The summed E-state index contributed by atoms with van der Waals surface area (Å²) in [6, 6.07) is 6.32. The molecule has 0 heterocycles. The van der Waals surface area contributed by atoms with Gasteiger partial charge in [-0.1, -0.05) is 43.4 Å². The monoisotopic (exact) mass is 279 g/mol. The summed E-state index contributed by atoms with van der Waals surface area (Å²) in [5.41, 5.74) is 4.74. The van der Waals surface area contributed by atoms with E-state index in [2.05, 4.69) is 5.43 Å². The molecule has 0 saturated heterocycles. The maximum atomic E-state index is 6.28. The topological polar surface area (TPSA) is 50.4 Å². The van der Waals surface area contributed by atoms with Crippen molar-refractivity contribution in [1.82, 2.24) is 5.43 Å². The van der Waals surface area contributed by atoms with Crippen molar-refractivity contribution in [3.63, 3.8) is 0 Å². The normalized spacial score (nSPS) is 18.2. The molecule has 1 fully saturated rings. The van der Waals surface area contributed by atoms with Crippen molar-refractivity contribution in [3.8, 4) is 0 Å². The number of aryl methyl sites for hydroxylation is 1. The molecule has 1 aliphatic carbocycles. The predicted molar refractivity (Wildman–Crippen MR) is 81.5 cm³/mol. The summed E-state index contributed by atoms with van der Waals surface area (Å²) < 4.78 is 0. The summed E-state index contributed by atoms with van der Waals surface area (Å²) >= 11 is 6.28. The number of rotatable bonds is 2. The molecule has 0 bridgehead atoms. The molecule has 0 spiro atoms. The highest BCUT2D eigenvalue weighted by Crippen LogP contribution is 2.22. The molecule has 0 unspecified atom stereocenters. The van der Waals surface area contributed by atoms with E-state index in [-0.39, 0.29) is 0 Å². The van der Waals surface area contributed by atoms with Crippen molar-refractivity contribution in [2.24, 2.45) is 10.8 Å². The highest BCUT2D eigenvalue weighted by Gasteiger charge is 2.14. The largest absolute Gasteiger partial charge is 0.308 e. The van der Waals surface area contributed by atoms with E-state index in [1.165, 1.54) is 25.7 Å². The van der Waals surface area contributed by atoms with Crippen LogP contribution in [0.3, 0.4) is 0 Å². The van der Waals surface area contributed by atoms with Gasteiger partial charge in [0.25, 0.3) is 0 Å². The van der Waals surface area contributed by atoms with Gasteiger partial charge in [-0.3, -0.25) is 4.99 Å². The molecule has 19 heavy (non-hydrogen) atoms. The third-order valence-electron chi connectivity index (χ3n) is 3.65. The smallest absolute Gasteiger partial charge is 0.144 e. The van der Waals surface area contributed by atoms with E-state index in [0.29, 0.717) is 16.9 Å². The first-order valence-electron chi connectivity index (χ1n) is 7.01. The summed E-state index contributed by atoms with van der Waals surface area (Å²) in [5, 5.41) is 0.699. The maximum Gasteiger partial charge on any atom is 0.144 e. The zero-order valence-corrected chi connectivity index (χ0v) is 12.2. The Morgan fingerprint density at radius 2 is 1.95 bits per heavy atom. The van der Waals surface area contributed by atoms with E-state index in [1.54, 1.807) is 0 Å². The molecule has 0 aromatic heterocycles. The fourth-order valence-electron chi connectivity index (χ4n) is 2.57. The van der Waals surface area contributed by atoms with E-state index in [0.717, 1.165) is 24.0 Å². The molecular formula is C15H22ClN3. The number of benzene rings is 1. The zero-order valence-electron chi connectivity index (χ0n) is 11.5. The molecule has 104 valence electrons. The molecule has 1 aliphatic rings. The van der Waals surface area contributed by atoms with Crippen molar-refractivity contribution < 1.29 is 0 Å². The van der Waals surface area contributed by atoms with E-state index in [4.69, 9.17) is 22.4 Å². The quantitative estimate of drug-likeness (QED) is 0.286. The molecule has 3 nitrogen and oxygen atoms in total. The van der Waals surface area contributed by atoms with Gasteiger partial charge < -0.3 is 5.43 Å². The number of nitrogens with zero attached hydrogens (tertiary/aromatic N) is 1. The van der Waals surface area contributed by atoms with Crippen molar-refractivity contribution >= 4 is 17.4 Å². The maximum absolute atomic E-state index is 6.28. The lowest BCUT2D eigenvalue weighted by Gasteiger charge is -2.14. The van der Waals surface area contributed by atoms with Gasteiger partial charge in [-0.05, 0) is 37.5 Å². The second-order valence-electron chi connectivity index (χ2n) is 5.25. The van der Waals surface area contributed by atoms with Crippen LogP contribution in [0, 0.1) is 6.92 Å². The highest BCUT2D eigenvalue weighted by molar-refractivity contribution is 6.34. The number of amidine groups is 1. The van der Waals surface area contributed by atoms with Gasteiger partial charge in [-0.2, -0.15) is 0 Å². The Morgan fingerprint density at radius 3 is 2.53 bits per heavy atom. The van der Waals surface area contributed by atoms with Gasteiger partial charge in [-0.25, -0.2) is 5.84 Å². The minimum atomic E-state index is 0.367. The first-order chi connectivity index (χ1) is 9.20. The Morgan fingerprint density at radius 1 is 1.26 bits per heavy atom. The van der Waals surface area contributed by atoms with Crippen LogP contribution >= 0.6 is 11.6 Å². The van der Waals surface area contributed by atoms with Crippen LogP contribution in [0.25, 0.3) is 0 Å². The Hall–Kier alpha value is -1.06. The Kier molecular flexibility index (Phi) is 5.23. The van der Waals surface area contributed by atoms with Crippen LogP contribution in [-0.2, 0) is 0 Å². The van der Waals surface area contributed by atoms with Crippen LogP contribution in [0.5, 0.6) is 0 Å². The van der Waals surface area contributed by atoms with Gasteiger partial charge in [0.1, 0.15) is 5.84 Å². The van der Waals surface area contributed by atoms with Crippen molar-refractivity contribution in [2.45, 2.75) is 51.5 Å². The van der Waals surface area contributed by atoms with Crippen LogP contribution in [-0.4, -0.2) is 11.9 Å². The molecule has 1 aromatic carbocycles. The minimum absolute atomic E-state index is 0.367. The summed E-state index contributed by atoms with van der Waals surface area (Å²) in [4.78, 5) is 4.77. The van der Waals surface area contributed by atoms with Crippen LogP contribution < -0.4 is 11.3 Å². The molecule has 0 amide bonds. The SMILES string of the molecule is Cc1ccc(C(=NC2CCCCCC2)NN)c(Cl)c1. The Balaban J connectivity index is 2.22. The molecule has 0 aliphatic heterocycles. The van der Waals surface area contributed by atoms with Gasteiger partial charge in [0.15, 0.2) is 0 Å². The van der Waals surface area contributed by atoms with E-state index in [9.17, 15) is 0 Å². The number of halogens is 1. The standard InChI is InChI=1S/C15H22ClN3/c1-11-8-9-13(14(16)10-11)15(19-17)18-12-6-4-2-3-5-7-12/h8-10,12H,2-7,17H2,1H3,(H,18,19). The fourth-order valence-corrected chi connectivity index (χ4v) is 2.89. The third kappa shape index (κ3) is 3.95. The van der Waals surface area contributed by atoms with Crippen LogP contribution in [0.1, 0.15) is 49.7 Å². The fraction of sp³-hybridized carbons (Fsp3) is 0.533. The lowest BCUT2D eigenvalue weighted by Crippen LogP contribution is -2.32. The molecule has 0 radical (unpaired) electrons. The summed E-state index contributed by atoms with van der Waals surface area (Å²) in [6.45, 7) is 2.02. The lowest BCUT2D eigenvalue weighted by molar-refractivity contribution is 0.583. The zero-order chi connectivity index (χ0) is 13.7. The van der Waals surface area contributed by atoms with Gasteiger partial charge in [0.2, 0.25) is 0 Å². The van der Waals surface area contributed by atoms with E-state index < -0.39 is 0 Å². The summed E-state index contributed by atoms with van der Waals surface area (Å²) in [7, 11) is 0. The minimum Gasteiger partial charge on any atom is -0.308 e. The molecular weight excluding hydrogens is 258 g/mol. The average Bonchev–Trinajstić information content (AvgIpc) is 2.65. The highest BCUT2D eigenvalue weighted by atomic mass is 35.5. The Bertz CT molecular complexity index is 449. The first kappa shape index (κ1) is 14.4. The number of hydrazine groups is 1. The molecule has 1 aromatic rings. The number of hydrogen-bond acceptors (Lipinski definition) is 2. The van der Waals surface area contributed by atoms with E-state index in [1.807, 2.05) is 25.1 Å². The molecule has 1 saturated carbocycles. The summed E-state index contributed by atoms with van der Waals surface area (Å²) in [5.74, 6) is 6.33. The summed E-state index contributed by atoms with van der Waals surface area (Å²) in [6.07, 6.45) is 7.45. The number of aliphatic imine (C=N–C) groups is 1. The predicted octanol–water partition coefficient (Wildman–Crippen LogP) is 3.58. The number of nitrogens with one attached hydrogen (secondary N) is 1. The van der Waals surface area contributed by atoms with Crippen LogP contribution in [0.15, 0.2) is 23.2 Å². The lowest BCUT2D eigenvalue weighted by atomic mass is 10.1. The number of hydrogen-bond donors (Lipinski definition) is 2. The molecule has 2 rings (SSSR count). The Labute approximate surface area is 120 Å². The molecule has 4 heteroatoms. The van der Waals surface area contributed by atoms with Gasteiger partial charge in [-0.15, -0.1) is 0 Å². The average molecular weight is 280 g/mol. The molecule has 0 atom stereocenters. The van der Waals surface area contributed by atoms with Crippen LogP contribution in [0.4, 0.5) is 0 Å². The van der Waals surface area contributed by atoms with Gasteiger partial charge in [0.05, 0.1) is 11.1 Å². The first-order valence-corrected chi connectivity index (χ1v) is 7.39. The second-order valence-corrected chi connectivity index (χ2v) is 5.66. The van der Waals surface area contributed by atoms with Crippen molar-refractivity contribution in [2.75, 3.05) is 0 Å². The third-order valence-corrected chi connectivity index (χ3v) is 3.97. The van der Waals surface area contributed by atoms with Crippen molar-refractivity contribution in [1.29, 1.82) is 0 Å².